The van der Waals surface area contributed by atoms with Gasteiger partial charge < -0.3 is 20.5 Å². The van der Waals surface area contributed by atoms with Gasteiger partial charge in [-0.25, -0.2) is 14.6 Å². The molecule has 0 radical (unpaired) electrons. The smallest absolute Gasteiger partial charge is 0.413 e. The van der Waals surface area contributed by atoms with Crippen molar-refractivity contribution in [2.75, 3.05) is 17.6 Å². The van der Waals surface area contributed by atoms with Crippen LogP contribution in [0, 0.1) is 0 Å². The molecule has 0 aliphatic rings. The first-order valence-electron chi connectivity index (χ1n) is 8.48. The molecule has 0 aliphatic heterocycles. The summed E-state index contributed by atoms with van der Waals surface area (Å²) in [5, 5.41) is 5.22. The van der Waals surface area contributed by atoms with Gasteiger partial charge in [-0.05, 0) is 57.2 Å². The lowest BCUT2D eigenvalue weighted by atomic mass is 10.2. The Balaban J connectivity index is 1.79. The largest absolute Gasteiger partial charge is 0.444 e. The first-order chi connectivity index (χ1) is 12.7. The van der Waals surface area contributed by atoms with Gasteiger partial charge in [-0.15, -0.1) is 0 Å². The average molecular weight is 372 g/mol. The molecule has 2 rings (SSSR count). The molecule has 0 bridgehead atoms. The molecule has 144 valence electrons. The summed E-state index contributed by atoms with van der Waals surface area (Å²) in [5.41, 5.74) is 6.29. The molecule has 8 heteroatoms. The van der Waals surface area contributed by atoms with Crippen LogP contribution in [-0.4, -0.2) is 29.3 Å². The number of hydrogen-bond acceptors (Lipinski definition) is 6. The van der Waals surface area contributed by atoms with Crippen molar-refractivity contribution in [2.24, 2.45) is 0 Å². The highest BCUT2D eigenvalue weighted by Crippen LogP contribution is 2.13. The third kappa shape index (κ3) is 7.64. The Labute approximate surface area is 158 Å². The third-order valence-corrected chi connectivity index (χ3v) is 3.18. The molecule has 1 aromatic heterocycles. The lowest BCUT2D eigenvalue weighted by molar-refractivity contribution is 0.0635. The number of aromatic nitrogens is 1. The molecule has 1 aromatic carbocycles. The van der Waals surface area contributed by atoms with Crippen molar-refractivity contribution in [2.45, 2.75) is 32.8 Å². The second kappa shape index (κ2) is 8.88. The first-order valence-corrected chi connectivity index (χ1v) is 8.48. The van der Waals surface area contributed by atoms with Crippen molar-refractivity contribution in [3.8, 4) is 5.75 Å². The van der Waals surface area contributed by atoms with Crippen LogP contribution in [0.2, 0.25) is 0 Å². The van der Waals surface area contributed by atoms with Gasteiger partial charge in [0.15, 0.2) is 0 Å². The summed E-state index contributed by atoms with van der Waals surface area (Å²) in [6, 6.07) is 11.8. The molecule has 0 spiro atoms. The summed E-state index contributed by atoms with van der Waals surface area (Å²) in [5.74, 6) is 0.787. The minimum atomic E-state index is -0.587. The molecule has 0 fully saturated rings. The van der Waals surface area contributed by atoms with E-state index in [0.29, 0.717) is 35.9 Å². The SMILES string of the molecule is CC(C)(C)OC(=O)Nc1cccc(CCNC(=O)Oc2ccc(N)cc2)n1. The zero-order chi connectivity index (χ0) is 19.9. The molecular weight excluding hydrogens is 348 g/mol. The van der Waals surface area contributed by atoms with Gasteiger partial charge in [-0.2, -0.15) is 0 Å². The van der Waals surface area contributed by atoms with E-state index in [2.05, 4.69) is 15.6 Å². The first kappa shape index (κ1) is 20.0. The monoisotopic (exact) mass is 372 g/mol. The fourth-order valence-corrected chi connectivity index (χ4v) is 2.07. The summed E-state index contributed by atoms with van der Waals surface area (Å²) in [7, 11) is 0. The van der Waals surface area contributed by atoms with Crippen molar-refractivity contribution in [3.05, 3.63) is 48.2 Å². The normalized spacial score (nSPS) is 10.8. The van der Waals surface area contributed by atoms with E-state index in [0.717, 1.165) is 0 Å². The Morgan fingerprint density at radius 1 is 1.07 bits per heavy atom. The Hall–Kier alpha value is -3.29. The summed E-state index contributed by atoms with van der Waals surface area (Å²) in [4.78, 5) is 27.9. The molecule has 2 aromatic rings. The topological polar surface area (TPSA) is 116 Å². The molecule has 2 amide bonds. The lowest BCUT2D eigenvalue weighted by Crippen LogP contribution is -2.29. The van der Waals surface area contributed by atoms with E-state index < -0.39 is 17.8 Å². The lowest BCUT2D eigenvalue weighted by Gasteiger charge is -2.19. The summed E-state index contributed by atoms with van der Waals surface area (Å²) in [6.45, 7) is 5.68. The fourth-order valence-electron chi connectivity index (χ4n) is 2.07. The van der Waals surface area contributed by atoms with Crippen LogP contribution in [0.4, 0.5) is 21.1 Å². The van der Waals surface area contributed by atoms with Gasteiger partial charge in [0.2, 0.25) is 0 Å². The van der Waals surface area contributed by atoms with Crippen LogP contribution >= 0.6 is 0 Å². The Morgan fingerprint density at radius 3 is 2.44 bits per heavy atom. The van der Waals surface area contributed by atoms with E-state index >= 15 is 0 Å². The highest BCUT2D eigenvalue weighted by atomic mass is 16.6. The van der Waals surface area contributed by atoms with Gasteiger partial charge in [0.05, 0.1) is 0 Å². The van der Waals surface area contributed by atoms with E-state index in [4.69, 9.17) is 15.2 Å². The molecule has 27 heavy (non-hydrogen) atoms. The number of anilines is 2. The molecule has 0 saturated carbocycles. The number of pyridine rings is 1. The summed E-state index contributed by atoms with van der Waals surface area (Å²) < 4.78 is 10.3. The van der Waals surface area contributed by atoms with Crippen molar-refractivity contribution < 1.29 is 19.1 Å². The Kier molecular flexibility index (Phi) is 6.59. The molecule has 0 aliphatic carbocycles. The van der Waals surface area contributed by atoms with Crippen molar-refractivity contribution in [1.82, 2.24) is 10.3 Å². The standard InChI is InChI=1S/C19H24N4O4/c1-19(2,3)27-18(25)23-16-6-4-5-14(22-16)11-12-21-17(24)26-15-9-7-13(20)8-10-15/h4-10H,11-12,20H2,1-3H3,(H,21,24)(H,22,23,25). The Bertz CT molecular complexity index is 785. The predicted octanol–water partition coefficient (Wildman–Crippen LogP) is 3.34. The van der Waals surface area contributed by atoms with E-state index in [1.165, 1.54) is 0 Å². The number of nitrogens with one attached hydrogen (secondary N) is 2. The molecule has 8 nitrogen and oxygen atoms in total. The summed E-state index contributed by atoms with van der Waals surface area (Å²) in [6.07, 6.45) is -0.666. The van der Waals surface area contributed by atoms with Crippen LogP contribution in [0.1, 0.15) is 26.5 Å². The minimum Gasteiger partial charge on any atom is -0.444 e. The maximum absolute atomic E-state index is 11.8. The average Bonchev–Trinajstić information content (AvgIpc) is 2.55. The Morgan fingerprint density at radius 2 is 1.78 bits per heavy atom. The van der Waals surface area contributed by atoms with Crippen molar-refractivity contribution in [3.63, 3.8) is 0 Å². The maximum atomic E-state index is 11.8. The molecular formula is C19H24N4O4. The van der Waals surface area contributed by atoms with Gasteiger partial charge in [0.25, 0.3) is 0 Å². The number of nitrogens with zero attached hydrogens (tertiary/aromatic N) is 1. The minimum absolute atomic E-state index is 0.330. The van der Waals surface area contributed by atoms with Gasteiger partial charge >= 0.3 is 12.2 Å². The molecule has 0 atom stereocenters. The highest BCUT2D eigenvalue weighted by Gasteiger charge is 2.16. The molecule has 1 heterocycles. The number of ether oxygens (including phenoxy) is 2. The number of nitrogens with two attached hydrogens (primary N) is 1. The van der Waals surface area contributed by atoms with Crippen LogP contribution < -0.4 is 21.1 Å². The number of amides is 2. The number of nitrogen functional groups attached to an aromatic ring is 1. The highest BCUT2D eigenvalue weighted by molar-refractivity contribution is 5.83. The molecule has 0 saturated heterocycles. The summed E-state index contributed by atoms with van der Waals surface area (Å²) >= 11 is 0. The van der Waals surface area contributed by atoms with Crippen molar-refractivity contribution >= 4 is 23.7 Å². The van der Waals surface area contributed by atoms with Gasteiger partial charge in [-0.3, -0.25) is 5.32 Å². The third-order valence-electron chi connectivity index (χ3n) is 3.18. The fraction of sp³-hybridized carbons (Fsp3) is 0.316. The zero-order valence-electron chi connectivity index (χ0n) is 15.6. The number of hydrogen-bond donors (Lipinski definition) is 3. The van der Waals surface area contributed by atoms with Gasteiger partial charge in [-0.1, -0.05) is 6.07 Å². The number of carbonyl (C=O) groups is 2. The zero-order valence-corrected chi connectivity index (χ0v) is 15.6. The van der Waals surface area contributed by atoms with Crippen LogP contribution in [0.5, 0.6) is 5.75 Å². The number of benzene rings is 1. The van der Waals surface area contributed by atoms with Crippen LogP contribution in [0.25, 0.3) is 0 Å². The van der Waals surface area contributed by atoms with Crippen molar-refractivity contribution in [1.29, 1.82) is 0 Å². The van der Waals surface area contributed by atoms with E-state index in [-0.39, 0.29) is 0 Å². The van der Waals surface area contributed by atoms with Crippen LogP contribution in [0.15, 0.2) is 42.5 Å². The van der Waals surface area contributed by atoms with E-state index in [9.17, 15) is 9.59 Å². The second-order valence-corrected chi connectivity index (χ2v) is 6.78. The maximum Gasteiger partial charge on any atom is 0.413 e. The van der Waals surface area contributed by atoms with Gasteiger partial charge in [0.1, 0.15) is 17.2 Å². The van der Waals surface area contributed by atoms with Crippen LogP contribution in [-0.2, 0) is 11.2 Å². The predicted molar refractivity (Wildman–Crippen MR) is 103 cm³/mol. The van der Waals surface area contributed by atoms with E-state index in [1.807, 2.05) is 0 Å². The number of rotatable bonds is 5. The van der Waals surface area contributed by atoms with Gasteiger partial charge in [0, 0.05) is 24.3 Å². The second-order valence-electron chi connectivity index (χ2n) is 6.78. The number of carbonyl (C=O) groups excluding carboxylic acids is 2. The molecule has 4 N–H and O–H groups in total. The van der Waals surface area contributed by atoms with Crippen LogP contribution in [0.3, 0.4) is 0 Å². The van der Waals surface area contributed by atoms with E-state index in [1.54, 1.807) is 63.2 Å². The quantitative estimate of drug-likeness (QED) is 0.693. The molecule has 0 unspecified atom stereocenters.